The first-order valence-electron chi connectivity index (χ1n) is 8.54. The van der Waals surface area contributed by atoms with Crippen LogP contribution >= 0.6 is 0 Å². The summed E-state index contributed by atoms with van der Waals surface area (Å²) in [5, 5.41) is 0. The highest BCUT2D eigenvalue weighted by atomic mass is 16.5. The standard InChI is InChI=1S/C20H20N2O3/c1-21-17-11-14(8-9-18(17)25-13-20(21)24)12-19(23)22-10-4-6-15-5-2-3-7-16(15)22/h2-3,5,7-9,11H,4,6,10,12-13H2,1H3. The molecule has 0 bridgehead atoms. The van der Waals surface area contributed by atoms with Crippen molar-refractivity contribution in [1.82, 2.24) is 0 Å². The van der Waals surface area contributed by atoms with E-state index in [9.17, 15) is 9.59 Å². The predicted octanol–water partition coefficient (Wildman–Crippen LogP) is 2.56. The van der Waals surface area contributed by atoms with E-state index in [0.29, 0.717) is 12.2 Å². The molecule has 0 fully saturated rings. The Morgan fingerprint density at radius 1 is 1.16 bits per heavy atom. The van der Waals surface area contributed by atoms with Gasteiger partial charge in [-0.1, -0.05) is 24.3 Å². The zero-order valence-corrected chi connectivity index (χ0v) is 14.2. The van der Waals surface area contributed by atoms with Crippen LogP contribution in [0.15, 0.2) is 42.5 Å². The number of rotatable bonds is 2. The molecule has 2 aromatic rings. The summed E-state index contributed by atoms with van der Waals surface area (Å²) < 4.78 is 5.44. The van der Waals surface area contributed by atoms with Crippen molar-refractivity contribution in [1.29, 1.82) is 0 Å². The van der Waals surface area contributed by atoms with Gasteiger partial charge in [0, 0.05) is 19.3 Å². The first-order chi connectivity index (χ1) is 12.1. The van der Waals surface area contributed by atoms with Crippen LogP contribution in [-0.4, -0.2) is 32.0 Å². The Morgan fingerprint density at radius 3 is 2.88 bits per heavy atom. The number of para-hydroxylation sites is 1. The maximum Gasteiger partial charge on any atom is 0.264 e. The minimum atomic E-state index is -0.0825. The van der Waals surface area contributed by atoms with Gasteiger partial charge in [-0.25, -0.2) is 0 Å². The molecular weight excluding hydrogens is 316 g/mol. The van der Waals surface area contributed by atoms with E-state index >= 15 is 0 Å². The molecule has 0 unspecified atom stereocenters. The molecule has 2 amide bonds. The van der Waals surface area contributed by atoms with Gasteiger partial charge in [0.2, 0.25) is 5.91 Å². The minimum Gasteiger partial charge on any atom is -0.482 e. The molecule has 0 atom stereocenters. The molecule has 5 heteroatoms. The van der Waals surface area contributed by atoms with Crippen molar-refractivity contribution in [3.63, 3.8) is 0 Å². The van der Waals surface area contributed by atoms with E-state index in [-0.39, 0.29) is 18.4 Å². The number of benzene rings is 2. The molecule has 0 radical (unpaired) electrons. The van der Waals surface area contributed by atoms with Gasteiger partial charge >= 0.3 is 0 Å². The highest BCUT2D eigenvalue weighted by molar-refractivity contribution is 5.98. The monoisotopic (exact) mass is 336 g/mol. The van der Waals surface area contributed by atoms with Crippen molar-refractivity contribution in [3.05, 3.63) is 53.6 Å². The van der Waals surface area contributed by atoms with Crippen LogP contribution in [0, 0.1) is 0 Å². The molecule has 0 spiro atoms. The largest absolute Gasteiger partial charge is 0.482 e. The van der Waals surface area contributed by atoms with E-state index in [2.05, 4.69) is 6.07 Å². The van der Waals surface area contributed by atoms with Crippen LogP contribution in [0.1, 0.15) is 17.5 Å². The number of carbonyl (C=O) groups excluding carboxylic acids is 2. The number of hydrogen-bond donors (Lipinski definition) is 0. The summed E-state index contributed by atoms with van der Waals surface area (Å²) in [6, 6.07) is 13.7. The molecule has 2 aromatic carbocycles. The highest BCUT2D eigenvalue weighted by Gasteiger charge is 2.25. The highest BCUT2D eigenvalue weighted by Crippen LogP contribution is 2.33. The molecule has 4 rings (SSSR count). The summed E-state index contributed by atoms with van der Waals surface area (Å²) in [6.07, 6.45) is 2.31. The van der Waals surface area contributed by atoms with Gasteiger partial charge in [-0.3, -0.25) is 9.59 Å². The van der Waals surface area contributed by atoms with Gasteiger partial charge in [-0.2, -0.15) is 0 Å². The number of amides is 2. The van der Waals surface area contributed by atoms with Gasteiger partial charge in [0.05, 0.1) is 12.1 Å². The van der Waals surface area contributed by atoms with E-state index in [1.54, 1.807) is 11.9 Å². The van der Waals surface area contributed by atoms with Crippen LogP contribution in [0.4, 0.5) is 11.4 Å². The summed E-state index contributed by atoms with van der Waals surface area (Å²) in [4.78, 5) is 28.1. The van der Waals surface area contributed by atoms with Crippen LogP contribution in [0.25, 0.3) is 0 Å². The normalized spacial score (nSPS) is 16.1. The first kappa shape index (κ1) is 15.7. The number of carbonyl (C=O) groups is 2. The van der Waals surface area contributed by atoms with E-state index in [1.165, 1.54) is 5.56 Å². The minimum absolute atomic E-state index is 0.0618. The summed E-state index contributed by atoms with van der Waals surface area (Å²) in [5.74, 6) is 0.681. The molecular formula is C20H20N2O3. The van der Waals surface area contributed by atoms with Crippen LogP contribution < -0.4 is 14.5 Å². The lowest BCUT2D eigenvalue weighted by molar-refractivity contribution is -0.121. The molecule has 0 saturated heterocycles. The lowest BCUT2D eigenvalue weighted by Gasteiger charge is -2.30. The zero-order chi connectivity index (χ0) is 17.4. The fourth-order valence-electron chi connectivity index (χ4n) is 3.49. The smallest absolute Gasteiger partial charge is 0.264 e. The molecule has 0 saturated carbocycles. The lowest BCUT2D eigenvalue weighted by Crippen LogP contribution is -2.37. The Labute approximate surface area is 146 Å². The average Bonchev–Trinajstić information content (AvgIpc) is 2.64. The van der Waals surface area contributed by atoms with Crippen molar-refractivity contribution in [3.8, 4) is 5.75 Å². The van der Waals surface area contributed by atoms with Gasteiger partial charge in [0.15, 0.2) is 6.61 Å². The molecule has 2 aliphatic rings. The second-order valence-corrected chi connectivity index (χ2v) is 6.50. The predicted molar refractivity (Wildman–Crippen MR) is 96.2 cm³/mol. The Balaban J connectivity index is 1.57. The number of ether oxygens (including phenoxy) is 1. The van der Waals surface area contributed by atoms with E-state index in [0.717, 1.165) is 36.3 Å². The van der Waals surface area contributed by atoms with Crippen molar-refractivity contribution < 1.29 is 14.3 Å². The maximum atomic E-state index is 12.9. The molecule has 128 valence electrons. The Hall–Kier alpha value is -2.82. The molecule has 5 nitrogen and oxygen atoms in total. The quantitative estimate of drug-likeness (QED) is 0.847. The van der Waals surface area contributed by atoms with Crippen molar-refractivity contribution in [2.24, 2.45) is 0 Å². The SMILES string of the molecule is CN1C(=O)COc2ccc(CC(=O)N3CCCc4ccccc43)cc21. The van der Waals surface area contributed by atoms with Crippen LogP contribution in [0.3, 0.4) is 0 Å². The fraction of sp³-hybridized carbons (Fsp3) is 0.300. The summed E-state index contributed by atoms with van der Waals surface area (Å²) in [7, 11) is 1.73. The molecule has 0 aliphatic carbocycles. The van der Waals surface area contributed by atoms with Crippen molar-refractivity contribution in [2.75, 3.05) is 30.0 Å². The van der Waals surface area contributed by atoms with Gasteiger partial charge in [0.25, 0.3) is 5.91 Å². The van der Waals surface area contributed by atoms with E-state index < -0.39 is 0 Å². The number of nitrogens with zero attached hydrogens (tertiary/aromatic N) is 2. The third kappa shape index (κ3) is 2.86. The Bertz CT molecular complexity index is 847. The van der Waals surface area contributed by atoms with Gasteiger partial charge < -0.3 is 14.5 Å². The van der Waals surface area contributed by atoms with Crippen LogP contribution in [0.5, 0.6) is 5.75 Å². The van der Waals surface area contributed by atoms with E-state index in [4.69, 9.17) is 4.74 Å². The fourth-order valence-corrected chi connectivity index (χ4v) is 3.49. The van der Waals surface area contributed by atoms with Crippen molar-refractivity contribution >= 4 is 23.2 Å². The number of likely N-dealkylation sites (N-methyl/N-ethyl adjacent to an activating group) is 1. The average molecular weight is 336 g/mol. The Kier molecular flexibility index (Phi) is 3.92. The summed E-state index contributed by atoms with van der Waals surface area (Å²) in [6.45, 7) is 0.814. The van der Waals surface area contributed by atoms with Gasteiger partial charge in [-0.15, -0.1) is 0 Å². The molecule has 0 aromatic heterocycles. The zero-order valence-electron chi connectivity index (χ0n) is 14.2. The van der Waals surface area contributed by atoms with E-state index in [1.807, 2.05) is 41.3 Å². The molecule has 0 N–H and O–H groups in total. The first-order valence-corrected chi connectivity index (χ1v) is 8.54. The summed E-state index contributed by atoms with van der Waals surface area (Å²) >= 11 is 0. The number of aryl methyl sites for hydroxylation is 1. The molecule has 2 aliphatic heterocycles. The van der Waals surface area contributed by atoms with Gasteiger partial charge in [0.1, 0.15) is 5.75 Å². The molecule has 2 heterocycles. The number of anilines is 2. The third-order valence-corrected chi connectivity index (χ3v) is 4.88. The number of fused-ring (bicyclic) bond motifs is 2. The topological polar surface area (TPSA) is 49.9 Å². The lowest BCUT2D eigenvalue weighted by atomic mass is 10.0. The van der Waals surface area contributed by atoms with Crippen molar-refractivity contribution in [2.45, 2.75) is 19.3 Å². The second-order valence-electron chi connectivity index (χ2n) is 6.50. The summed E-state index contributed by atoms with van der Waals surface area (Å²) in [5.41, 5.74) is 3.86. The third-order valence-electron chi connectivity index (χ3n) is 4.88. The number of hydrogen-bond acceptors (Lipinski definition) is 3. The maximum absolute atomic E-state index is 12.9. The van der Waals surface area contributed by atoms with Crippen LogP contribution in [-0.2, 0) is 22.4 Å². The second kappa shape index (κ2) is 6.24. The van der Waals surface area contributed by atoms with Gasteiger partial charge in [-0.05, 0) is 42.2 Å². The van der Waals surface area contributed by atoms with Crippen LogP contribution in [0.2, 0.25) is 0 Å². The molecule has 25 heavy (non-hydrogen) atoms. The Morgan fingerprint density at radius 2 is 2.00 bits per heavy atom.